The highest BCUT2D eigenvalue weighted by Gasteiger charge is 2.10. The monoisotopic (exact) mass is 419 g/mol. The quantitative estimate of drug-likeness (QED) is 0.489. The van der Waals surface area contributed by atoms with Crippen LogP contribution in [0.25, 0.3) is 33.9 Å². The molecule has 0 aliphatic carbocycles. The van der Waals surface area contributed by atoms with Crippen molar-refractivity contribution >= 4 is 40.4 Å². The van der Waals surface area contributed by atoms with Gasteiger partial charge in [0.05, 0.1) is 16.6 Å². The fourth-order valence-corrected chi connectivity index (χ4v) is 3.68. The van der Waals surface area contributed by atoms with Crippen molar-refractivity contribution in [1.29, 1.82) is 0 Å². The SMILES string of the molecule is O=C(O)CCCn1c(C=Cc2csc(-c3ncccn3)n2)nc2ccccc2c1=O. The maximum atomic E-state index is 12.9. The van der Waals surface area contributed by atoms with Gasteiger partial charge in [-0.15, -0.1) is 11.3 Å². The van der Waals surface area contributed by atoms with Gasteiger partial charge in [-0.3, -0.25) is 14.2 Å². The number of hydrogen-bond donors (Lipinski definition) is 1. The Hall–Kier alpha value is -3.72. The number of para-hydroxylation sites is 1. The van der Waals surface area contributed by atoms with Crippen molar-refractivity contribution in [3.63, 3.8) is 0 Å². The summed E-state index contributed by atoms with van der Waals surface area (Å²) in [6.07, 6.45) is 7.13. The summed E-state index contributed by atoms with van der Waals surface area (Å²) in [5.74, 6) is 0.109. The van der Waals surface area contributed by atoms with Crippen LogP contribution >= 0.6 is 11.3 Å². The molecule has 1 N–H and O–H groups in total. The van der Waals surface area contributed by atoms with E-state index in [-0.39, 0.29) is 18.5 Å². The molecule has 4 rings (SSSR count). The zero-order valence-electron chi connectivity index (χ0n) is 15.8. The number of aromatic nitrogens is 5. The zero-order chi connectivity index (χ0) is 20.9. The largest absolute Gasteiger partial charge is 0.481 e. The average molecular weight is 419 g/mol. The third-order valence-electron chi connectivity index (χ3n) is 4.35. The first-order valence-electron chi connectivity index (χ1n) is 9.24. The molecule has 3 aromatic heterocycles. The first-order valence-corrected chi connectivity index (χ1v) is 10.1. The lowest BCUT2D eigenvalue weighted by Crippen LogP contribution is -2.24. The molecular formula is C21H17N5O3S. The minimum absolute atomic E-state index is 0.0189. The van der Waals surface area contributed by atoms with Crippen LogP contribution in [0.3, 0.4) is 0 Å². The third-order valence-corrected chi connectivity index (χ3v) is 5.20. The van der Waals surface area contributed by atoms with Crippen LogP contribution in [0.5, 0.6) is 0 Å². The van der Waals surface area contributed by atoms with Gasteiger partial charge in [-0.2, -0.15) is 0 Å². The second-order valence-electron chi connectivity index (χ2n) is 6.42. The Kier molecular flexibility index (Phi) is 5.71. The van der Waals surface area contributed by atoms with Crippen LogP contribution in [0.2, 0.25) is 0 Å². The molecule has 0 spiro atoms. The number of carboxylic acid groups (broad SMARTS) is 1. The van der Waals surface area contributed by atoms with E-state index in [1.54, 1.807) is 48.8 Å². The van der Waals surface area contributed by atoms with E-state index in [2.05, 4.69) is 19.9 Å². The van der Waals surface area contributed by atoms with Gasteiger partial charge < -0.3 is 5.11 Å². The summed E-state index contributed by atoms with van der Waals surface area (Å²) in [6.45, 7) is 0.267. The Balaban J connectivity index is 1.68. The Morgan fingerprint density at radius 1 is 1.10 bits per heavy atom. The molecule has 3 heterocycles. The molecule has 4 aromatic rings. The summed E-state index contributed by atoms with van der Waals surface area (Å²) in [6, 6.07) is 8.85. The summed E-state index contributed by atoms with van der Waals surface area (Å²) in [7, 11) is 0. The van der Waals surface area contributed by atoms with Gasteiger partial charge in [0.1, 0.15) is 5.82 Å². The topological polar surface area (TPSA) is 111 Å². The van der Waals surface area contributed by atoms with E-state index in [1.807, 2.05) is 11.4 Å². The minimum Gasteiger partial charge on any atom is -0.481 e. The van der Waals surface area contributed by atoms with Crippen molar-refractivity contribution in [2.75, 3.05) is 0 Å². The summed E-state index contributed by atoms with van der Waals surface area (Å²) in [5.41, 5.74) is 1.09. The Morgan fingerprint density at radius 3 is 2.70 bits per heavy atom. The van der Waals surface area contributed by atoms with Crippen molar-refractivity contribution in [3.8, 4) is 10.8 Å². The highest BCUT2D eigenvalue weighted by molar-refractivity contribution is 7.13. The fourth-order valence-electron chi connectivity index (χ4n) is 2.95. The molecule has 0 unspecified atom stereocenters. The molecule has 0 aliphatic heterocycles. The summed E-state index contributed by atoms with van der Waals surface area (Å²) >= 11 is 1.42. The standard InChI is InChI=1S/C21H17N5O3S/c27-18(28)7-3-12-26-17(25-16-6-2-1-5-15(16)21(26)29)9-8-14-13-30-20(24-14)19-22-10-4-11-23-19/h1-2,4-6,8-11,13H,3,7,12H2,(H,27,28). The third kappa shape index (κ3) is 4.31. The van der Waals surface area contributed by atoms with Crippen LogP contribution in [0.4, 0.5) is 0 Å². The molecule has 30 heavy (non-hydrogen) atoms. The van der Waals surface area contributed by atoms with Gasteiger partial charge in [-0.05, 0) is 36.8 Å². The molecule has 0 atom stereocenters. The predicted molar refractivity (Wildman–Crippen MR) is 115 cm³/mol. The number of nitrogens with zero attached hydrogens (tertiary/aromatic N) is 5. The van der Waals surface area contributed by atoms with E-state index in [0.717, 1.165) is 0 Å². The highest BCUT2D eigenvalue weighted by Crippen LogP contribution is 2.21. The van der Waals surface area contributed by atoms with Gasteiger partial charge in [0.15, 0.2) is 10.8 Å². The number of fused-ring (bicyclic) bond motifs is 1. The highest BCUT2D eigenvalue weighted by atomic mass is 32.1. The summed E-state index contributed by atoms with van der Waals surface area (Å²) in [4.78, 5) is 41.3. The molecule has 1 aromatic carbocycles. The number of carbonyl (C=O) groups is 1. The molecule has 0 radical (unpaired) electrons. The van der Waals surface area contributed by atoms with Crippen LogP contribution < -0.4 is 5.56 Å². The lowest BCUT2D eigenvalue weighted by Gasteiger charge is -2.10. The molecule has 9 heteroatoms. The lowest BCUT2D eigenvalue weighted by atomic mass is 10.2. The maximum Gasteiger partial charge on any atom is 0.303 e. The number of benzene rings is 1. The van der Waals surface area contributed by atoms with Gasteiger partial charge in [0.2, 0.25) is 0 Å². The van der Waals surface area contributed by atoms with Gasteiger partial charge in [-0.25, -0.2) is 19.9 Å². The Morgan fingerprint density at radius 2 is 1.90 bits per heavy atom. The number of thiazole rings is 1. The lowest BCUT2D eigenvalue weighted by molar-refractivity contribution is -0.137. The number of hydrogen-bond acceptors (Lipinski definition) is 7. The van der Waals surface area contributed by atoms with Crippen LogP contribution in [-0.2, 0) is 11.3 Å². The molecule has 150 valence electrons. The molecule has 0 saturated carbocycles. The Labute approximate surface area is 175 Å². The first-order chi connectivity index (χ1) is 14.6. The normalized spacial score (nSPS) is 11.3. The van der Waals surface area contributed by atoms with Gasteiger partial charge in [0.25, 0.3) is 5.56 Å². The van der Waals surface area contributed by atoms with Crippen LogP contribution in [0.1, 0.15) is 24.4 Å². The van der Waals surface area contributed by atoms with Crippen molar-refractivity contribution in [2.24, 2.45) is 0 Å². The van der Waals surface area contributed by atoms with E-state index < -0.39 is 5.97 Å². The Bertz CT molecular complexity index is 1280. The van der Waals surface area contributed by atoms with Gasteiger partial charge >= 0.3 is 5.97 Å². The fraction of sp³-hybridized carbons (Fsp3) is 0.143. The summed E-state index contributed by atoms with van der Waals surface area (Å²) in [5, 5.41) is 12.0. The van der Waals surface area contributed by atoms with Crippen molar-refractivity contribution in [2.45, 2.75) is 19.4 Å². The van der Waals surface area contributed by atoms with E-state index in [9.17, 15) is 9.59 Å². The van der Waals surface area contributed by atoms with Crippen molar-refractivity contribution in [3.05, 3.63) is 70.0 Å². The van der Waals surface area contributed by atoms with E-state index >= 15 is 0 Å². The zero-order valence-corrected chi connectivity index (χ0v) is 16.6. The van der Waals surface area contributed by atoms with E-state index in [0.29, 0.717) is 39.7 Å². The number of aliphatic carboxylic acids is 1. The van der Waals surface area contributed by atoms with Crippen molar-refractivity contribution in [1.82, 2.24) is 24.5 Å². The average Bonchev–Trinajstić information content (AvgIpc) is 3.23. The van der Waals surface area contributed by atoms with Gasteiger partial charge in [0, 0.05) is 30.7 Å². The molecule has 0 bridgehead atoms. The molecular weight excluding hydrogens is 402 g/mol. The minimum atomic E-state index is -0.896. The predicted octanol–water partition coefficient (Wildman–Crippen LogP) is 3.35. The number of carboxylic acids is 1. The second-order valence-corrected chi connectivity index (χ2v) is 7.28. The molecule has 0 saturated heterocycles. The van der Waals surface area contributed by atoms with Crippen LogP contribution in [-0.4, -0.2) is 35.6 Å². The van der Waals surface area contributed by atoms with Gasteiger partial charge in [-0.1, -0.05) is 12.1 Å². The molecule has 0 fully saturated rings. The summed E-state index contributed by atoms with van der Waals surface area (Å²) < 4.78 is 1.51. The smallest absolute Gasteiger partial charge is 0.303 e. The van der Waals surface area contributed by atoms with Crippen LogP contribution in [0, 0.1) is 0 Å². The first kappa shape index (κ1) is 19.6. The van der Waals surface area contributed by atoms with E-state index in [1.165, 1.54) is 15.9 Å². The molecule has 0 amide bonds. The van der Waals surface area contributed by atoms with Crippen molar-refractivity contribution < 1.29 is 9.90 Å². The number of rotatable bonds is 7. The molecule has 0 aliphatic rings. The van der Waals surface area contributed by atoms with E-state index in [4.69, 9.17) is 5.11 Å². The maximum absolute atomic E-state index is 12.9. The second kappa shape index (κ2) is 8.75. The molecule has 8 nitrogen and oxygen atoms in total. The van der Waals surface area contributed by atoms with Crippen LogP contribution in [0.15, 0.2) is 52.9 Å².